The zero-order valence-electron chi connectivity index (χ0n) is 13.7. The van der Waals surface area contributed by atoms with E-state index in [9.17, 15) is 14.4 Å². The van der Waals surface area contributed by atoms with E-state index in [4.69, 9.17) is 5.11 Å². The van der Waals surface area contributed by atoms with E-state index in [1.807, 2.05) is 30.3 Å². The number of hydrogen-bond acceptors (Lipinski definition) is 4. The van der Waals surface area contributed by atoms with Crippen LogP contribution in [0.3, 0.4) is 0 Å². The summed E-state index contributed by atoms with van der Waals surface area (Å²) in [6, 6.07) is 14.7. The molecule has 2 aromatic carbocycles. The second kappa shape index (κ2) is 5.66. The third-order valence-corrected chi connectivity index (χ3v) is 4.18. The van der Waals surface area contributed by atoms with Crippen LogP contribution < -0.4 is 4.90 Å². The molecule has 4 rings (SSSR count). The number of aromatic nitrogens is 2. The molecule has 1 N–H and O–H groups in total. The largest absolute Gasteiger partial charge is 0.478 e. The van der Waals surface area contributed by atoms with E-state index in [1.165, 1.54) is 22.9 Å². The monoisotopic (exact) mass is 347 g/mol. The van der Waals surface area contributed by atoms with Gasteiger partial charge in [0.15, 0.2) is 0 Å². The van der Waals surface area contributed by atoms with Crippen molar-refractivity contribution in [1.29, 1.82) is 0 Å². The highest BCUT2D eigenvalue weighted by atomic mass is 16.4. The minimum absolute atomic E-state index is 0.0421. The summed E-state index contributed by atoms with van der Waals surface area (Å²) in [6.45, 7) is 1.77. The molecular formula is C19H13N3O4. The number of nitrogens with zero attached hydrogens (tertiary/aromatic N) is 3. The maximum atomic E-state index is 12.8. The molecule has 0 fully saturated rings. The lowest BCUT2D eigenvalue weighted by molar-refractivity contribution is 0.0696. The first-order valence-electron chi connectivity index (χ1n) is 7.85. The van der Waals surface area contributed by atoms with Crippen LogP contribution in [-0.2, 0) is 0 Å². The molecule has 3 aromatic rings. The zero-order valence-corrected chi connectivity index (χ0v) is 13.7. The molecule has 1 aliphatic rings. The fourth-order valence-electron chi connectivity index (χ4n) is 2.99. The SMILES string of the molecule is Cc1cc(N2C(=O)c3ccc(C(=O)O)cc3C2=O)n(-c2ccccc2)n1. The molecule has 1 aromatic heterocycles. The predicted octanol–water partition coefficient (Wildman–Crippen LogP) is 2.68. The van der Waals surface area contributed by atoms with Gasteiger partial charge in [-0.2, -0.15) is 5.10 Å². The Morgan fingerprint density at radius 2 is 1.65 bits per heavy atom. The minimum atomic E-state index is -1.16. The Labute approximate surface area is 148 Å². The molecule has 2 amide bonds. The van der Waals surface area contributed by atoms with Crippen molar-refractivity contribution in [2.75, 3.05) is 4.90 Å². The van der Waals surface area contributed by atoms with Gasteiger partial charge in [0.2, 0.25) is 0 Å². The van der Waals surface area contributed by atoms with Crippen LogP contribution in [0.4, 0.5) is 5.82 Å². The molecule has 0 radical (unpaired) electrons. The Morgan fingerprint density at radius 1 is 0.962 bits per heavy atom. The maximum absolute atomic E-state index is 12.8. The van der Waals surface area contributed by atoms with Crippen LogP contribution in [0, 0.1) is 6.92 Å². The average Bonchev–Trinajstić information content (AvgIpc) is 3.13. The van der Waals surface area contributed by atoms with E-state index < -0.39 is 17.8 Å². The van der Waals surface area contributed by atoms with Gasteiger partial charge >= 0.3 is 5.97 Å². The van der Waals surface area contributed by atoms with Crippen LogP contribution in [0.5, 0.6) is 0 Å². The molecule has 0 atom stereocenters. The van der Waals surface area contributed by atoms with E-state index >= 15 is 0 Å². The number of hydrogen-bond donors (Lipinski definition) is 1. The fraction of sp³-hybridized carbons (Fsp3) is 0.0526. The summed E-state index contributed by atoms with van der Waals surface area (Å²) in [5.41, 5.74) is 1.57. The van der Waals surface area contributed by atoms with Crippen molar-refractivity contribution in [1.82, 2.24) is 9.78 Å². The predicted molar refractivity (Wildman–Crippen MR) is 92.8 cm³/mol. The summed E-state index contributed by atoms with van der Waals surface area (Å²) >= 11 is 0. The van der Waals surface area contributed by atoms with Crippen molar-refractivity contribution in [3.8, 4) is 5.69 Å². The summed E-state index contributed by atoms with van der Waals surface area (Å²) in [7, 11) is 0. The van der Waals surface area contributed by atoms with Crippen molar-refractivity contribution in [3.63, 3.8) is 0 Å². The van der Waals surface area contributed by atoms with Crippen LogP contribution in [0.2, 0.25) is 0 Å². The second-order valence-electron chi connectivity index (χ2n) is 5.90. The third kappa shape index (κ3) is 2.29. The van der Waals surface area contributed by atoms with E-state index in [1.54, 1.807) is 13.0 Å². The van der Waals surface area contributed by atoms with Crippen LogP contribution >= 0.6 is 0 Å². The first-order valence-corrected chi connectivity index (χ1v) is 7.85. The molecule has 7 heteroatoms. The Balaban J connectivity index is 1.84. The van der Waals surface area contributed by atoms with Gasteiger partial charge in [-0.05, 0) is 37.3 Å². The average molecular weight is 347 g/mol. The van der Waals surface area contributed by atoms with E-state index in [2.05, 4.69) is 5.10 Å². The highest BCUT2D eigenvalue weighted by Crippen LogP contribution is 2.31. The van der Waals surface area contributed by atoms with Crippen molar-refractivity contribution in [3.05, 3.63) is 77.0 Å². The van der Waals surface area contributed by atoms with Gasteiger partial charge < -0.3 is 5.11 Å². The standard InChI is InChI=1S/C19H13N3O4/c1-11-9-16(22(20-11)13-5-3-2-4-6-13)21-17(23)14-8-7-12(19(25)26)10-15(14)18(21)24/h2-10H,1H3,(H,25,26). The Kier molecular flexibility index (Phi) is 3.43. The zero-order chi connectivity index (χ0) is 18.4. The third-order valence-electron chi connectivity index (χ3n) is 4.18. The minimum Gasteiger partial charge on any atom is -0.478 e. The number of carboxylic acids is 1. The molecule has 1 aliphatic heterocycles. The second-order valence-corrected chi connectivity index (χ2v) is 5.90. The van der Waals surface area contributed by atoms with Crippen molar-refractivity contribution >= 4 is 23.6 Å². The summed E-state index contributed by atoms with van der Waals surface area (Å²) < 4.78 is 1.52. The van der Waals surface area contributed by atoms with Crippen LogP contribution in [0.15, 0.2) is 54.6 Å². The molecule has 0 unspecified atom stereocenters. The molecule has 0 bridgehead atoms. The number of carbonyl (C=O) groups is 3. The lowest BCUT2D eigenvalue weighted by atomic mass is 10.1. The molecular weight excluding hydrogens is 334 g/mol. The van der Waals surface area contributed by atoms with Crippen molar-refractivity contribution in [2.45, 2.75) is 6.92 Å². The Hall–Kier alpha value is -3.74. The number of fused-ring (bicyclic) bond motifs is 1. The number of imide groups is 1. The van der Waals surface area contributed by atoms with Crippen LogP contribution in [-0.4, -0.2) is 32.7 Å². The lowest BCUT2D eigenvalue weighted by Crippen LogP contribution is -2.31. The Morgan fingerprint density at radius 3 is 2.35 bits per heavy atom. The number of aryl methyl sites for hydroxylation is 1. The highest BCUT2D eigenvalue weighted by molar-refractivity contribution is 6.34. The maximum Gasteiger partial charge on any atom is 0.335 e. The number of amides is 2. The van der Waals surface area contributed by atoms with Gasteiger partial charge in [0.05, 0.1) is 28.1 Å². The number of carboxylic acid groups (broad SMARTS) is 1. The van der Waals surface area contributed by atoms with E-state index in [0.29, 0.717) is 17.2 Å². The molecule has 0 spiro atoms. The lowest BCUT2D eigenvalue weighted by Gasteiger charge is -2.15. The highest BCUT2D eigenvalue weighted by Gasteiger charge is 2.39. The molecule has 0 saturated carbocycles. The number of anilines is 1. The molecule has 0 saturated heterocycles. The number of benzene rings is 2. The Bertz CT molecular complexity index is 1070. The van der Waals surface area contributed by atoms with Crippen molar-refractivity contribution in [2.24, 2.45) is 0 Å². The van der Waals surface area contributed by atoms with Crippen molar-refractivity contribution < 1.29 is 19.5 Å². The van der Waals surface area contributed by atoms with E-state index in [-0.39, 0.29) is 16.7 Å². The van der Waals surface area contributed by atoms with Gasteiger partial charge in [0.25, 0.3) is 11.8 Å². The van der Waals surface area contributed by atoms with Gasteiger partial charge in [-0.3, -0.25) is 9.59 Å². The topological polar surface area (TPSA) is 92.5 Å². The van der Waals surface area contributed by atoms with E-state index in [0.717, 1.165) is 4.90 Å². The first kappa shape index (κ1) is 15.8. The molecule has 2 heterocycles. The smallest absolute Gasteiger partial charge is 0.335 e. The fourth-order valence-corrected chi connectivity index (χ4v) is 2.99. The quantitative estimate of drug-likeness (QED) is 0.735. The molecule has 0 aliphatic carbocycles. The number of para-hydroxylation sites is 1. The summed E-state index contributed by atoms with van der Waals surface area (Å²) in [5.74, 6) is -1.90. The summed E-state index contributed by atoms with van der Waals surface area (Å²) in [5, 5.41) is 13.5. The summed E-state index contributed by atoms with van der Waals surface area (Å²) in [6.07, 6.45) is 0. The van der Waals surface area contributed by atoms with Crippen LogP contribution in [0.1, 0.15) is 36.8 Å². The van der Waals surface area contributed by atoms with Gasteiger partial charge in [-0.15, -0.1) is 0 Å². The van der Waals surface area contributed by atoms with Gasteiger partial charge in [0, 0.05) is 6.07 Å². The number of carbonyl (C=O) groups excluding carboxylic acids is 2. The molecule has 128 valence electrons. The number of rotatable bonds is 3. The summed E-state index contributed by atoms with van der Waals surface area (Å²) in [4.78, 5) is 37.8. The van der Waals surface area contributed by atoms with Gasteiger partial charge in [-0.25, -0.2) is 14.4 Å². The molecule has 26 heavy (non-hydrogen) atoms. The van der Waals surface area contributed by atoms with Gasteiger partial charge in [-0.1, -0.05) is 18.2 Å². The van der Waals surface area contributed by atoms with Crippen LogP contribution in [0.25, 0.3) is 5.69 Å². The van der Waals surface area contributed by atoms with Gasteiger partial charge in [0.1, 0.15) is 5.82 Å². The number of aromatic carboxylic acids is 1. The molecule has 7 nitrogen and oxygen atoms in total. The normalized spacial score (nSPS) is 13.2. The first-order chi connectivity index (χ1) is 12.5.